The first kappa shape index (κ1) is 24.0. The number of hydrogen-bond acceptors (Lipinski definition) is 2. The quantitative estimate of drug-likeness (QED) is 0.451. The molecular formula is C27H46O2Si. The van der Waals surface area contributed by atoms with Crippen molar-refractivity contribution in [2.45, 2.75) is 110 Å². The SMILES string of the molecule is C=C1C(=CC=C2CCC[C@]3(C)[C@@H](C(C)CCC[Si](C)(C)C)CC[C@@H]23)C[C@@H](O)C[C@@H]1O. The van der Waals surface area contributed by atoms with Gasteiger partial charge in [0.2, 0.25) is 0 Å². The molecular weight excluding hydrogens is 384 g/mol. The summed E-state index contributed by atoms with van der Waals surface area (Å²) in [4.78, 5) is 0. The average molecular weight is 431 g/mol. The van der Waals surface area contributed by atoms with E-state index in [9.17, 15) is 10.2 Å². The first-order valence-electron chi connectivity index (χ1n) is 12.5. The summed E-state index contributed by atoms with van der Waals surface area (Å²) in [7, 11) is -0.929. The van der Waals surface area contributed by atoms with E-state index < -0.39 is 20.3 Å². The van der Waals surface area contributed by atoms with Gasteiger partial charge in [-0.15, -0.1) is 0 Å². The summed E-state index contributed by atoms with van der Waals surface area (Å²) < 4.78 is 0. The standard InChI is InChI=1S/C27H46O2Si/c1-19(9-8-16-30(4,5)6)24-13-14-25-21(10-7-15-27(24,25)3)11-12-22-17-23(28)18-26(29)20(22)2/h11-12,19,23-26,28-29H,2,7-10,13-18H2,1,3-6H3/t19?,23-,24-,25+,26+,27-/m1/s1. The molecule has 2 N–H and O–H groups in total. The van der Waals surface area contributed by atoms with Gasteiger partial charge < -0.3 is 10.2 Å². The molecule has 2 nitrogen and oxygen atoms in total. The summed E-state index contributed by atoms with van der Waals surface area (Å²) >= 11 is 0. The minimum absolute atomic E-state index is 0.421. The van der Waals surface area contributed by atoms with Gasteiger partial charge in [0, 0.05) is 14.5 Å². The second-order valence-corrected chi connectivity index (χ2v) is 17.7. The fourth-order valence-electron chi connectivity index (χ4n) is 6.83. The van der Waals surface area contributed by atoms with Crippen LogP contribution in [0.15, 0.2) is 35.5 Å². The van der Waals surface area contributed by atoms with Crippen LogP contribution in [0.3, 0.4) is 0 Å². The molecule has 0 spiro atoms. The number of allylic oxidation sites excluding steroid dienone is 3. The van der Waals surface area contributed by atoms with E-state index in [1.807, 2.05) is 0 Å². The van der Waals surface area contributed by atoms with Crippen molar-refractivity contribution in [3.63, 3.8) is 0 Å². The molecule has 3 rings (SSSR count). The number of hydrogen-bond donors (Lipinski definition) is 2. The van der Waals surface area contributed by atoms with Gasteiger partial charge in [-0.3, -0.25) is 0 Å². The van der Waals surface area contributed by atoms with Crippen LogP contribution in [-0.4, -0.2) is 30.5 Å². The molecule has 3 aliphatic carbocycles. The zero-order chi connectivity index (χ0) is 22.1. The van der Waals surface area contributed by atoms with Crippen molar-refractivity contribution in [1.82, 2.24) is 0 Å². The first-order valence-corrected chi connectivity index (χ1v) is 16.2. The monoisotopic (exact) mass is 430 g/mol. The Bertz CT molecular complexity index is 685. The first-order chi connectivity index (χ1) is 14.0. The van der Waals surface area contributed by atoms with Crippen molar-refractivity contribution in [1.29, 1.82) is 0 Å². The van der Waals surface area contributed by atoms with Gasteiger partial charge in [-0.1, -0.05) is 76.7 Å². The third-order valence-electron chi connectivity index (χ3n) is 8.58. The van der Waals surface area contributed by atoms with Gasteiger partial charge >= 0.3 is 0 Å². The van der Waals surface area contributed by atoms with Crippen molar-refractivity contribution in [3.05, 3.63) is 35.5 Å². The normalized spacial score (nSPS) is 38.8. The number of fused-ring (bicyclic) bond motifs is 1. The zero-order valence-electron chi connectivity index (χ0n) is 20.2. The average Bonchev–Trinajstić information content (AvgIpc) is 3.00. The second-order valence-electron chi connectivity index (χ2n) is 12.1. The third-order valence-corrected chi connectivity index (χ3v) is 10.4. The Balaban J connectivity index is 1.70. The van der Waals surface area contributed by atoms with E-state index >= 15 is 0 Å². The van der Waals surface area contributed by atoms with Crippen LogP contribution in [0.2, 0.25) is 25.7 Å². The minimum atomic E-state index is -0.929. The van der Waals surface area contributed by atoms with Gasteiger partial charge in [0.15, 0.2) is 0 Å². The third kappa shape index (κ3) is 5.39. The zero-order valence-corrected chi connectivity index (χ0v) is 21.2. The molecule has 0 aromatic rings. The Kier molecular flexibility index (Phi) is 7.57. The fraction of sp³-hybridized carbons (Fsp3) is 0.778. The predicted octanol–water partition coefficient (Wildman–Crippen LogP) is 6.88. The van der Waals surface area contributed by atoms with Gasteiger partial charge in [-0.05, 0) is 72.8 Å². The molecule has 3 saturated carbocycles. The highest BCUT2D eigenvalue weighted by molar-refractivity contribution is 6.76. The van der Waals surface area contributed by atoms with E-state index in [0.717, 1.165) is 23.0 Å². The number of rotatable bonds is 6. The molecule has 3 fully saturated rings. The summed E-state index contributed by atoms with van der Waals surface area (Å²) in [5, 5.41) is 20.2. The van der Waals surface area contributed by atoms with Crippen LogP contribution in [0.25, 0.3) is 0 Å². The number of aliphatic hydroxyl groups excluding tert-OH is 2. The molecule has 3 heteroatoms. The van der Waals surface area contributed by atoms with Crippen LogP contribution in [0, 0.1) is 23.2 Å². The van der Waals surface area contributed by atoms with Crippen LogP contribution >= 0.6 is 0 Å². The smallest absolute Gasteiger partial charge is 0.0811 e. The molecule has 1 unspecified atom stereocenters. The second kappa shape index (κ2) is 9.46. The van der Waals surface area contributed by atoms with E-state index in [1.54, 1.807) is 5.57 Å². The van der Waals surface area contributed by atoms with E-state index in [-0.39, 0.29) is 0 Å². The van der Waals surface area contributed by atoms with Gasteiger partial charge in [-0.2, -0.15) is 0 Å². The Morgan fingerprint density at radius 2 is 1.93 bits per heavy atom. The Labute approximate surface area is 186 Å². The lowest BCUT2D eigenvalue weighted by Crippen LogP contribution is -2.36. The van der Waals surface area contributed by atoms with Gasteiger partial charge in [0.05, 0.1) is 12.2 Å². The summed E-state index contributed by atoms with van der Waals surface area (Å²) in [5.74, 6) is 2.39. The number of aliphatic hydroxyl groups is 2. The highest BCUT2D eigenvalue weighted by Crippen LogP contribution is 2.60. The predicted molar refractivity (Wildman–Crippen MR) is 131 cm³/mol. The van der Waals surface area contributed by atoms with Crippen LogP contribution < -0.4 is 0 Å². The molecule has 0 heterocycles. The Morgan fingerprint density at radius 1 is 1.20 bits per heavy atom. The van der Waals surface area contributed by atoms with E-state index in [2.05, 4.69) is 52.2 Å². The maximum Gasteiger partial charge on any atom is 0.0811 e. The lowest BCUT2D eigenvalue weighted by atomic mass is 9.61. The van der Waals surface area contributed by atoms with Crippen molar-refractivity contribution in [2.75, 3.05) is 0 Å². The molecule has 0 aromatic heterocycles. The molecule has 0 aliphatic heterocycles. The van der Waals surface area contributed by atoms with Gasteiger partial charge in [0.1, 0.15) is 0 Å². The Morgan fingerprint density at radius 3 is 2.63 bits per heavy atom. The maximum atomic E-state index is 10.1. The topological polar surface area (TPSA) is 40.5 Å². The molecule has 0 saturated heterocycles. The fourth-order valence-corrected chi connectivity index (χ4v) is 8.10. The largest absolute Gasteiger partial charge is 0.393 e. The van der Waals surface area contributed by atoms with E-state index in [0.29, 0.717) is 24.2 Å². The summed E-state index contributed by atoms with van der Waals surface area (Å²) in [6.07, 6.45) is 13.9. The van der Waals surface area contributed by atoms with Crippen LogP contribution in [0.1, 0.15) is 71.6 Å². The highest BCUT2D eigenvalue weighted by Gasteiger charge is 2.50. The van der Waals surface area contributed by atoms with Crippen molar-refractivity contribution in [2.24, 2.45) is 23.2 Å². The molecule has 6 atom stereocenters. The van der Waals surface area contributed by atoms with Crippen LogP contribution in [0.5, 0.6) is 0 Å². The van der Waals surface area contributed by atoms with Crippen LogP contribution in [0.4, 0.5) is 0 Å². The molecule has 0 amide bonds. The highest BCUT2D eigenvalue weighted by atomic mass is 28.3. The van der Waals surface area contributed by atoms with Crippen LogP contribution in [-0.2, 0) is 0 Å². The Hall–Kier alpha value is -0.643. The van der Waals surface area contributed by atoms with Crippen molar-refractivity contribution >= 4 is 8.07 Å². The lowest BCUT2D eigenvalue weighted by molar-refractivity contribution is 0.0861. The summed E-state index contributed by atoms with van der Waals surface area (Å²) in [5.41, 5.74) is 3.89. The molecule has 170 valence electrons. The van der Waals surface area contributed by atoms with Crippen molar-refractivity contribution < 1.29 is 10.2 Å². The summed E-state index contributed by atoms with van der Waals surface area (Å²) in [6, 6.07) is 1.46. The molecule has 3 aliphatic rings. The summed E-state index contributed by atoms with van der Waals surface area (Å²) in [6.45, 7) is 16.7. The minimum Gasteiger partial charge on any atom is -0.393 e. The van der Waals surface area contributed by atoms with E-state index in [1.165, 1.54) is 51.0 Å². The maximum absolute atomic E-state index is 10.1. The molecule has 0 radical (unpaired) electrons. The molecule has 30 heavy (non-hydrogen) atoms. The molecule has 0 bridgehead atoms. The van der Waals surface area contributed by atoms with Gasteiger partial charge in [0.25, 0.3) is 0 Å². The van der Waals surface area contributed by atoms with Crippen molar-refractivity contribution in [3.8, 4) is 0 Å². The van der Waals surface area contributed by atoms with E-state index in [4.69, 9.17) is 0 Å². The lowest BCUT2D eigenvalue weighted by Gasteiger charge is -2.44. The van der Waals surface area contributed by atoms with Gasteiger partial charge in [-0.25, -0.2) is 0 Å². The molecule has 0 aromatic carbocycles.